The maximum atomic E-state index is 11.5. The number of halogens is 3. The van der Waals surface area contributed by atoms with E-state index in [9.17, 15) is 21.6 Å². The number of carbonyl (C=O) groups is 1. The molecule has 0 aliphatic carbocycles. The molecule has 0 saturated carbocycles. The molecule has 0 fully saturated rings. The van der Waals surface area contributed by atoms with Crippen LogP contribution in [0.3, 0.4) is 0 Å². The van der Waals surface area contributed by atoms with Crippen molar-refractivity contribution in [2.45, 2.75) is 12.2 Å². The molecular weight excluding hydrogens is 425 g/mol. The van der Waals surface area contributed by atoms with E-state index in [1.165, 1.54) is 5.41 Å². The number of H-pyrrole nitrogens is 1. The summed E-state index contributed by atoms with van der Waals surface area (Å²) in [7, 11) is -3.10. The Bertz CT molecular complexity index is 1190. The van der Waals surface area contributed by atoms with Crippen LogP contribution in [0.4, 0.5) is 19.0 Å². The molecule has 0 amide bonds. The number of hydrogen-bond donors (Lipinski definition) is 3. The summed E-state index contributed by atoms with van der Waals surface area (Å²) < 4.78 is 54.7. The van der Waals surface area contributed by atoms with Crippen LogP contribution in [0.2, 0.25) is 0 Å². The molecule has 30 heavy (non-hydrogen) atoms. The first-order valence-corrected chi connectivity index (χ1v) is 10.1. The van der Waals surface area contributed by atoms with E-state index in [1.54, 1.807) is 12.3 Å². The van der Waals surface area contributed by atoms with Crippen LogP contribution >= 0.6 is 0 Å². The summed E-state index contributed by atoms with van der Waals surface area (Å²) in [5.74, 6) is -2.15. The fraction of sp³-hybridized carbons (Fsp3) is 0.167. The molecule has 1 atom stereocenters. The molecule has 0 spiro atoms. The normalized spacial score (nSPS) is 17.4. The number of alkyl halides is 3. The number of benzene rings is 1. The number of nitrogens with zero attached hydrogens (tertiary/aromatic N) is 2. The molecule has 1 aliphatic heterocycles. The topological polar surface area (TPSA) is 125 Å². The van der Waals surface area contributed by atoms with E-state index < -0.39 is 22.0 Å². The third-order valence-corrected chi connectivity index (χ3v) is 5.40. The summed E-state index contributed by atoms with van der Waals surface area (Å²) in [5.41, 5.74) is 3.58. The average molecular weight is 440 g/mol. The van der Waals surface area contributed by atoms with Gasteiger partial charge in [0.25, 0.3) is 0 Å². The van der Waals surface area contributed by atoms with Crippen LogP contribution in [0, 0.1) is 0 Å². The second kappa shape index (κ2) is 8.14. The van der Waals surface area contributed by atoms with Crippen LogP contribution in [0.25, 0.3) is 22.2 Å². The van der Waals surface area contributed by atoms with Crippen LogP contribution in [-0.2, 0) is 14.6 Å². The number of carboxylic acids is 1. The number of hydrogen-bond acceptors (Lipinski definition) is 6. The molecule has 1 aromatic carbocycles. The van der Waals surface area contributed by atoms with Crippen molar-refractivity contribution in [3.05, 3.63) is 54.1 Å². The lowest BCUT2D eigenvalue weighted by atomic mass is 10.1. The Morgan fingerprint density at radius 2 is 1.87 bits per heavy atom. The maximum Gasteiger partial charge on any atom is 0.490 e. The molecule has 12 heteroatoms. The molecule has 3 aromatic rings. The highest BCUT2D eigenvalue weighted by molar-refractivity contribution is 7.94. The third-order valence-electron chi connectivity index (χ3n) is 4.00. The molecule has 0 radical (unpaired) electrons. The van der Waals surface area contributed by atoms with E-state index in [1.807, 2.05) is 36.4 Å². The first-order valence-electron chi connectivity index (χ1n) is 8.42. The monoisotopic (exact) mass is 440 g/mol. The minimum Gasteiger partial charge on any atom is -0.475 e. The number of nitrogens with one attached hydrogen (secondary N) is 2. The summed E-state index contributed by atoms with van der Waals surface area (Å²) in [5, 5.41) is 18.6. The smallest absolute Gasteiger partial charge is 0.475 e. The average Bonchev–Trinajstić information content (AvgIpc) is 3.24. The zero-order valence-electron chi connectivity index (χ0n) is 15.1. The van der Waals surface area contributed by atoms with Gasteiger partial charge in [-0.25, -0.2) is 13.2 Å². The lowest BCUT2D eigenvalue weighted by molar-refractivity contribution is -0.192. The second-order valence-electron chi connectivity index (χ2n) is 6.27. The molecule has 0 bridgehead atoms. The molecular formula is C18H15F3N4O4S. The van der Waals surface area contributed by atoms with Crippen molar-refractivity contribution in [1.82, 2.24) is 15.2 Å². The Morgan fingerprint density at radius 3 is 2.43 bits per heavy atom. The molecule has 0 unspecified atom stereocenters. The number of aromatic amines is 1. The van der Waals surface area contributed by atoms with E-state index in [-0.39, 0.29) is 11.8 Å². The molecule has 8 nitrogen and oxygen atoms in total. The quantitative estimate of drug-likeness (QED) is 0.572. The molecule has 158 valence electrons. The van der Waals surface area contributed by atoms with Gasteiger partial charge < -0.3 is 10.4 Å². The highest BCUT2D eigenvalue weighted by Gasteiger charge is 2.38. The van der Waals surface area contributed by atoms with E-state index in [4.69, 9.17) is 9.90 Å². The zero-order chi connectivity index (χ0) is 21.9. The van der Waals surface area contributed by atoms with Crippen molar-refractivity contribution >= 4 is 32.7 Å². The number of pyridine rings is 1. The van der Waals surface area contributed by atoms with Crippen LogP contribution in [-0.4, -0.2) is 52.6 Å². The van der Waals surface area contributed by atoms with Crippen molar-refractivity contribution in [3.8, 4) is 11.1 Å². The Kier molecular flexibility index (Phi) is 5.78. The minimum atomic E-state index is -5.08. The molecule has 4 rings (SSSR count). The van der Waals surface area contributed by atoms with Gasteiger partial charge in [-0.15, -0.1) is 0 Å². The van der Waals surface area contributed by atoms with Crippen LogP contribution < -0.4 is 5.32 Å². The minimum absolute atomic E-state index is 0.0451. The van der Waals surface area contributed by atoms with Crippen LogP contribution in [0.5, 0.6) is 0 Å². The molecule has 1 aliphatic rings. The summed E-state index contributed by atoms with van der Waals surface area (Å²) >= 11 is 0. The number of carboxylic acid groups (broad SMARTS) is 1. The van der Waals surface area contributed by atoms with Crippen molar-refractivity contribution < 1.29 is 31.5 Å². The number of sulfone groups is 1. The number of anilines is 1. The van der Waals surface area contributed by atoms with Gasteiger partial charge in [0.05, 0.1) is 17.3 Å². The summed E-state index contributed by atoms with van der Waals surface area (Å²) in [6, 6.07) is 11.7. The fourth-order valence-corrected chi connectivity index (χ4v) is 3.87. The molecule has 3 heterocycles. The van der Waals surface area contributed by atoms with E-state index >= 15 is 0 Å². The second-order valence-corrected chi connectivity index (χ2v) is 8.20. The SMILES string of the molecule is O=C(O)C(F)(F)F.O=S1(=O)C=C[C@@H](Nc2n[nH]c3cc(-c4ccccc4)cnc23)C1. The van der Waals surface area contributed by atoms with Crippen molar-refractivity contribution in [2.75, 3.05) is 11.1 Å². The highest BCUT2D eigenvalue weighted by atomic mass is 32.2. The van der Waals surface area contributed by atoms with E-state index in [2.05, 4.69) is 20.5 Å². The van der Waals surface area contributed by atoms with Gasteiger partial charge in [0, 0.05) is 17.2 Å². The zero-order valence-corrected chi connectivity index (χ0v) is 15.9. The predicted octanol–water partition coefficient (Wildman–Crippen LogP) is 2.98. The van der Waals surface area contributed by atoms with Gasteiger partial charge in [-0.2, -0.15) is 18.3 Å². The molecule has 0 saturated heterocycles. The molecule has 3 N–H and O–H groups in total. The Balaban J connectivity index is 0.000000318. The lowest BCUT2D eigenvalue weighted by Gasteiger charge is -2.08. The first kappa shape index (κ1) is 21.3. The summed E-state index contributed by atoms with van der Waals surface area (Å²) in [6.07, 6.45) is -1.66. The van der Waals surface area contributed by atoms with Crippen molar-refractivity contribution in [2.24, 2.45) is 0 Å². The molecule has 2 aromatic heterocycles. The fourth-order valence-electron chi connectivity index (χ4n) is 2.64. The summed E-state index contributed by atoms with van der Waals surface area (Å²) in [4.78, 5) is 13.4. The Hall–Kier alpha value is -3.41. The Labute approximate surface area is 168 Å². The van der Waals surface area contributed by atoms with Gasteiger partial charge >= 0.3 is 12.1 Å². The highest BCUT2D eigenvalue weighted by Crippen LogP contribution is 2.25. The van der Waals surface area contributed by atoms with Gasteiger partial charge in [0.15, 0.2) is 15.7 Å². The third kappa shape index (κ3) is 5.14. The van der Waals surface area contributed by atoms with Crippen molar-refractivity contribution in [3.63, 3.8) is 0 Å². The van der Waals surface area contributed by atoms with Crippen LogP contribution in [0.1, 0.15) is 0 Å². The number of fused-ring (bicyclic) bond motifs is 1. The standard InChI is InChI=1S/C16H14N4O2S.C2HF3O2/c21-23(22)7-6-13(10-23)18-16-15-14(19-20-16)8-12(9-17-15)11-4-2-1-3-5-11;3-2(4,5)1(6)7/h1-9,13H,10H2,(H2,18,19,20);(H,6,7)/t13-;/m1./s1. The van der Waals surface area contributed by atoms with Gasteiger partial charge in [-0.3, -0.25) is 10.1 Å². The lowest BCUT2D eigenvalue weighted by Crippen LogP contribution is -2.21. The number of aromatic nitrogens is 3. The van der Waals surface area contributed by atoms with E-state index in [0.717, 1.165) is 16.6 Å². The number of aliphatic carboxylic acids is 1. The van der Waals surface area contributed by atoms with E-state index in [0.29, 0.717) is 11.3 Å². The first-order chi connectivity index (χ1) is 14.0. The maximum absolute atomic E-state index is 11.5. The number of rotatable bonds is 3. The van der Waals surface area contributed by atoms with Gasteiger partial charge in [-0.1, -0.05) is 30.3 Å². The van der Waals surface area contributed by atoms with Gasteiger partial charge in [-0.05, 0) is 17.7 Å². The van der Waals surface area contributed by atoms with Gasteiger partial charge in [0.2, 0.25) is 0 Å². The largest absolute Gasteiger partial charge is 0.490 e. The Morgan fingerprint density at radius 1 is 1.20 bits per heavy atom. The van der Waals surface area contributed by atoms with Crippen LogP contribution in [0.15, 0.2) is 54.1 Å². The predicted molar refractivity (Wildman–Crippen MR) is 103 cm³/mol. The summed E-state index contributed by atoms with van der Waals surface area (Å²) in [6.45, 7) is 0. The van der Waals surface area contributed by atoms with Gasteiger partial charge in [0.1, 0.15) is 5.52 Å². The van der Waals surface area contributed by atoms with Crippen molar-refractivity contribution in [1.29, 1.82) is 0 Å².